The minimum atomic E-state index is -0.463. The number of hydrogen-bond acceptors (Lipinski definition) is 7. The molecule has 2 heterocycles. The van der Waals surface area contributed by atoms with Crippen molar-refractivity contribution in [2.24, 2.45) is 11.3 Å². The third-order valence-electron chi connectivity index (χ3n) is 3.49. The Bertz CT molecular complexity index is 480. The van der Waals surface area contributed by atoms with E-state index < -0.39 is 4.92 Å². The Morgan fingerprint density at radius 2 is 2.11 bits per heavy atom. The van der Waals surface area contributed by atoms with Crippen LogP contribution >= 0.6 is 0 Å². The van der Waals surface area contributed by atoms with Crippen molar-refractivity contribution in [2.45, 2.75) is 26.7 Å². The molecule has 0 radical (unpaired) electrons. The topological polar surface area (TPSA) is 110 Å². The van der Waals surface area contributed by atoms with Gasteiger partial charge in [-0.15, -0.1) is 0 Å². The molecule has 3 N–H and O–H groups in total. The molecule has 1 saturated heterocycles. The van der Waals surface area contributed by atoms with E-state index in [2.05, 4.69) is 29.2 Å². The third kappa shape index (κ3) is 2.90. The molecule has 1 aliphatic heterocycles. The number of nitrogen functional groups attached to an aromatic ring is 1. The maximum atomic E-state index is 11.0. The molecule has 0 spiro atoms. The number of rotatable bonds is 3. The number of piperidine rings is 1. The highest BCUT2D eigenvalue weighted by atomic mass is 16.6. The molecule has 1 aromatic heterocycles. The summed E-state index contributed by atoms with van der Waals surface area (Å²) in [6.07, 6.45) is 3.14. The van der Waals surface area contributed by atoms with Gasteiger partial charge in [-0.1, -0.05) is 13.8 Å². The summed E-state index contributed by atoms with van der Waals surface area (Å²) in [5, 5.41) is 11.0. The van der Waals surface area contributed by atoms with Gasteiger partial charge in [0.15, 0.2) is 0 Å². The Morgan fingerprint density at radius 1 is 1.47 bits per heavy atom. The molecule has 2 rings (SSSR count). The lowest BCUT2D eigenvalue weighted by Crippen LogP contribution is -2.38. The van der Waals surface area contributed by atoms with Crippen LogP contribution in [0.1, 0.15) is 26.7 Å². The molecular formula is C11H18N6O2. The standard InChI is InChI=1S/C11H18N6O2/c1-11(2)3-5-16(6-4-11)9-8(17(18)19)7-13-10(14-9)15-12/h7H,3-6,12H2,1-2H3,(H,13,14,15). The Balaban J connectivity index is 2.30. The molecule has 8 heteroatoms. The van der Waals surface area contributed by atoms with Gasteiger partial charge < -0.3 is 4.90 Å². The average molecular weight is 266 g/mol. The highest BCUT2D eigenvalue weighted by Gasteiger charge is 2.30. The second-order valence-electron chi connectivity index (χ2n) is 5.46. The highest BCUT2D eigenvalue weighted by molar-refractivity contribution is 5.59. The van der Waals surface area contributed by atoms with Crippen molar-refractivity contribution in [1.29, 1.82) is 0 Å². The fourth-order valence-electron chi connectivity index (χ4n) is 2.12. The number of nitrogens with one attached hydrogen (secondary N) is 1. The van der Waals surface area contributed by atoms with Crippen LogP contribution in [0.5, 0.6) is 0 Å². The minimum absolute atomic E-state index is 0.0845. The zero-order chi connectivity index (χ0) is 14.0. The highest BCUT2D eigenvalue weighted by Crippen LogP contribution is 2.34. The second kappa shape index (κ2) is 4.96. The number of nitro groups is 1. The number of aromatic nitrogens is 2. The van der Waals surface area contributed by atoms with Crippen molar-refractivity contribution in [3.63, 3.8) is 0 Å². The lowest BCUT2D eigenvalue weighted by Gasteiger charge is -2.37. The SMILES string of the molecule is CC1(C)CCN(c2nc(NN)ncc2[N+](=O)[O-])CC1. The smallest absolute Gasteiger partial charge is 0.329 e. The summed E-state index contributed by atoms with van der Waals surface area (Å²) in [5.74, 6) is 5.78. The predicted molar refractivity (Wildman–Crippen MR) is 71.7 cm³/mol. The van der Waals surface area contributed by atoms with Gasteiger partial charge in [0, 0.05) is 13.1 Å². The van der Waals surface area contributed by atoms with Gasteiger partial charge in [-0.05, 0) is 18.3 Å². The van der Waals surface area contributed by atoms with E-state index in [-0.39, 0.29) is 17.1 Å². The van der Waals surface area contributed by atoms with E-state index in [1.54, 1.807) is 0 Å². The third-order valence-corrected chi connectivity index (χ3v) is 3.49. The minimum Gasteiger partial charge on any atom is -0.351 e. The summed E-state index contributed by atoms with van der Waals surface area (Å²) in [6, 6.07) is 0. The number of nitrogens with zero attached hydrogens (tertiary/aromatic N) is 4. The summed E-state index contributed by atoms with van der Waals surface area (Å²) in [4.78, 5) is 20.4. The summed E-state index contributed by atoms with van der Waals surface area (Å²) in [7, 11) is 0. The van der Waals surface area contributed by atoms with Gasteiger partial charge in [0.2, 0.25) is 11.8 Å². The molecule has 0 atom stereocenters. The number of hydrazine groups is 1. The molecule has 19 heavy (non-hydrogen) atoms. The molecule has 0 saturated carbocycles. The largest absolute Gasteiger partial charge is 0.351 e. The van der Waals surface area contributed by atoms with E-state index in [1.807, 2.05) is 4.90 Å². The summed E-state index contributed by atoms with van der Waals surface area (Å²) in [5.41, 5.74) is 2.50. The van der Waals surface area contributed by atoms with Crippen molar-refractivity contribution in [3.05, 3.63) is 16.3 Å². The normalized spacial score (nSPS) is 18.2. The van der Waals surface area contributed by atoms with Crippen LogP contribution in [0.2, 0.25) is 0 Å². The van der Waals surface area contributed by atoms with Crippen LogP contribution in [0, 0.1) is 15.5 Å². The van der Waals surface area contributed by atoms with Crippen LogP contribution in [0.25, 0.3) is 0 Å². The monoisotopic (exact) mass is 266 g/mol. The van der Waals surface area contributed by atoms with Gasteiger partial charge in [-0.25, -0.2) is 10.8 Å². The molecule has 0 bridgehead atoms. The van der Waals surface area contributed by atoms with E-state index in [9.17, 15) is 10.1 Å². The van der Waals surface area contributed by atoms with Crippen molar-refractivity contribution in [1.82, 2.24) is 9.97 Å². The number of anilines is 2. The van der Waals surface area contributed by atoms with E-state index in [0.29, 0.717) is 5.82 Å². The molecule has 1 fully saturated rings. The molecule has 0 amide bonds. The van der Waals surface area contributed by atoms with Gasteiger partial charge in [0.25, 0.3) is 0 Å². The Labute approximate surface area is 111 Å². The molecule has 1 aliphatic rings. The summed E-state index contributed by atoms with van der Waals surface area (Å²) >= 11 is 0. The zero-order valence-electron chi connectivity index (χ0n) is 11.1. The van der Waals surface area contributed by atoms with Crippen molar-refractivity contribution in [2.75, 3.05) is 23.4 Å². The molecule has 8 nitrogen and oxygen atoms in total. The Kier molecular flexibility index (Phi) is 3.52. The second-order valence-corrected chi connectivity index (χ2v) is 5.46. The number of hydrogen-bond donors (Lipinski definition) is 2. The first-order chi connectivity index (χ1) is 8.93. The zero-order valence-corrected chi connectivity index (χ0v) is 11.1. The van der Waals surface area contributed by atoms with E-state index in [4.69, 9.17) is 5.84 Å². The van der Waals surface area contributed by atoms with Crippen molar-refractivity contribution in [3.8, 4) is 0 Å². The maximum Gasteiger partial charge on any atom is 0.329 e. The van der Waals surface area contributed by atoms with Gasteiger partial charge >= 0.3 is 5.69 Å². The van der Waals surface area contributed by atoms with Gasteiger partial charge in [0.05, 0.1) is 4.92 Å². The van der Waals surface area contributed by atoms with Crippen LogP contribution in [0.3, 0.4) is 0 Å². The molecule has 0 aromatic carbocycles. The molecule has 0 unspecified atom stereocenters. The van der Waals surface area contributed by atoms with Crippen LogP contribution in [0.4, 0.5) is 17.5 Å². The quantitative estimate of drug-likeness (QED) is 0.482. The fourth-order valence-corrected chi connectivity index (χ4v) is 2.12. The first-order valence-corrected chi connectivity index (χ1v) is 6.16. The van der Waals surface area contributed by atoms with E-state index in [0.717, 1.165) is 25.9 Å². The number of nitrogens with two attached hydrogens (primary N) is 1. The molecular weight excluding hydrogens is 248 g/mol. The van der Waals surface area contributed by atoms with Crippen molar-refractivity contribution >= 4 is 17.5 Å². The van der Waals surface area contributed by atoms with Gasteiger partial charge in [0.1, 0.15) is 6.20 Å². The van der Waals surface area contributed by atoms with E-state index >= 15 is 0 Å². The predicted octanol–water partition coefficient (Wildman–Crippen LogP) is 1.30. The van der Waals surface area contributed by atoms with E-state index in [1.165, 1.54) is 6.20 Å². The molecule has 1 aromatic rings. The lowest BCUT2D eigenvalue weighted by molar-refractivity contribution is -0.384. The Morgan fingerprint density at radius 3 is 2.63 bits per heavy atom. The van der Waals surface area contributed by atoms with Gasteiger partial charge in [-0.3, -0.25) is 15.5 Å². The van der Waals surface area contributed by atoms with Crippen LogP contribution < -0.4 is 16.2 Å². The fraction of sp³-hybridized carbons (Fsp3) is 0.636. The first kappa shape index (κ1) is 13.5. The lowest BCUT2D eigenvalue weighted by atomic mass is 9.83. The molecule has 0 aliphatic carbocycles. The van der Waals surface area contributed by atoms with Gasteiger partial charge in [-0.2, -0.15) is 4.98 Å². The summed E-state index contributed by atoms with van der Waals surface area (Å²) < 4.78 is 0. The van der Waals surface area contributed by atoms with Crippen molar-refractivity contribution < 1.29 is 4.92 Å². The molecule has 104 valence electrons. The van der Waals surface area contributed by atoms with Crippen LogP contribution in [0.15, 0.2) is 6.20 Å². The van der Waals surface area contributed by atoms with Crippen LogP contribution in [-0.2, 0) is 0 Å². The summed E-state index contributed by atoms with van der Waals surface area (Å²) in [6.45, 7) is 5.89. The maximum absolute atomic E-state index is 11.0. The Hall–Kier alpha value is -1.96. The first-order valence-electron chi connectivity index (χ1n) is 6.16. The van der Waals surface area contributed by atoms with Crippen LogP contribution in [-0.4, -0.2) is 28.0 Å². The average Bonchev–Trinajstić information content (AvgIpc) is 2.38.